The molecule has 0 bridgehead atoms. The number of H-pyrrole nitrogens is 1. The molecule has 0 aliphatic heterocycles. The van der Waals surface area contributed by atoms with E-state index < -0.39 is 0 Å². The Labute approximate surface area is 154 Å². The summed E-state index contributed by atoms with van der Waals surface area (Å²) < 4.78 is 5.52. The number of nitrogens with one attached hydrogen (secondary N) is 1. The molecule has 0 aliphatic carbocycles. The van der Waals surface area contributed by atoms with Gasteiger partial charge in [0.25, 0.3) is 0 Å². The van der Waals surface area contributed by atoms with E-state index in [1.807, 2.05) is 25.1 Å². The number of ketones is 1. The van der Waals surface area contributed by atoms with E-state index in [0.29, 0.717) is 22.7 Å². The number of thiazole rings is 1. The smallest absolute Gasteiger partial charge is 0.307 e. The number of hydrogen-bond acceptors (Lipinski definition) is 6. The van der Waals surface area contributed by atoms with E-state index in [1.165, 1.54) is 0 Å². The number of carbonyl (C=O) groups is 1. The van der Waals surface area contributed by atoms with E-state index in [0.717, 1.165) is 28.9 Å². The molecule has 0 saturated heterocycles. The molecular formula is C19H18N2O4S. The van der Waals surface area contributed by atoms with Crippen molar-refractivity contribution >= 4 is 17.1 Å². The lowest BCUT2D eigenvalue weighted by atomic mass is 10.1. The maximum atomic E-state index is 12.1. The largest absolute Gasteiger partial charge is 0.494 e. The van der Waals surface area contributed by atoms with Gasteiger partial charge in [-0.2, -0.15) is 0 Å². The zero-order chi connectivity index (χ0) is 18.5. The molecule has 1 aromatic carbocycles. The molecule has 0 spiro atoms. The molecule has 26 heavy (non-hydrogen) atoms. The van der Waals surface area contributed by atoms with Gasteiger partial charge in [0.15, 0.2) is 6.61 Å². The van der Waals surface area contributed by atoms with Gasteiger partial charge in [0, 0.05) is 12.6 Å². The van der Waals surface area contributed by atoms with Crippen LogP contribution in [-0.4, -0.2) is 27.5 Å². The van der Waals surface area contributed by atoms with E-state index in [1.54, 1.807) is 24.4 Å². The van der Waals surface area contributed by atoms with Crippen LogP contribution in [0.15, 0.2) is 47.4 Å². The van der Waals surface area contributed by atoms with Crippen LogP contribution in [0.2, 0.25) is 0 Å². The lowest BCUT2D eigenvalue weighted by Crippen LogP contribution is -2.13. The van der Waals surface area contributed by atoms with E-state index in [9.17, 15) is 14.7 Å². The van der Waals surface area contributed by atoms with Crippen LogP contribution in [0.4, 0.5) is 0 Å². The first-order valence-electron chi connectivity index (χ1n) is 8.16. The third-order valence-corrected chi connectivity index (χ3v) is 4.75. The predicted molar refractivity (Wildman–Crippen MR) is 99.3 cm³/mol. The van der Waals surface area contributed by atoms with Gasteiger partial charge in [-0.1, -0.05) is 36.5 Å². The molecule has 2 aromatic heterocycles. The van der Waals surface area contributed by atoms with Crippen molar-refractivity contribution in [2.24, 2.45) is 0 Å². The Balaban J connectivity index is 1.57. The number of hydrogen-bond donors (Lipinski definition) is 2. The summed E-state index contributed by atoms with van der Waals surface area (Å²) in [5, 5.41) is 9.62. The highest BCUT2D eigenvalue weighted by molar-refractivity contribution is 7.09. The molecule has 0 aliphatic rings. The highest BCUT2D eigenvalue weighted by Gasteiger charge is 2.10. The minimum absolute atomic E-state index is 0.0853. The average Bonchev–Trinajstić information content (AvgIpc) is 2.98. The number of rotatable bonds is 7. The second-order valence-corrected chi connectivity index (χ2v) is 6.79. The van der Waals surface area contributed by atoms with Gasteiger partial charge in [-0.3, -0.25) is 19.6 Å². The molecule has 0 radical (unpaired) electrons. The van der Waals surface area contributed by atoms with Crippen LogP contribution >= 0.6 is 11.3 Å². The fraction of sp³-hybridized carbons (Fsp3) is 0.211. The van der Waals surface area contributed by atoms with Gasteiger partial charge in [0.05, 0.1) is 4.88 Å². The molecule has 0 saturated carbocycles. The van der Waals surface area contributed by atoms with Crippen molar-refractivity contribution < 1.29 is 14.6 Å². The number of aromatic nitrogens is 2. The second kappa shape index (κ2) is 7.97. The number of benzene rings is 1. The number of aromatic hydroxyl groups is 1. The van der Waals surface area contributed by atoms with Crippen molar-refractivity contribution in [3.05, 3.63) is 74.0 Å². The maximum Gasteiger partial charge on any atom is 0.307 e. The number of ether oxygens (including phenoxy) is 1. The Hall–Kier alpha value is -2.93. The van der Waals surface area contributed by atoms with Gasteiger partial charge in [-0.05, 0) is 35.7 Å². The summed E-state index contributed by atoms with van der Waals surface area (Å²) in [6, 6.07) is 10.8. The van der Waals surface area contributed by atoms with E-state index >= 15 is 0 Å². The zero-order valence-electron chi connectivity index (χ0n) is 14.2. The van der Waals surface area contributed by atoms with Crippen LogP contribution in [0.3, 0.4) is 0 Å². The molecule has 134 valence electrons. The van der Waals surface area contributed by atoms with Crippen molar-refractivity contribution in [3.8, 4) is 11.6 Å². The Morgan fingerprint density at radius 3 is 2.50 bits per heavy atom. The lowest BCUT2D eigenvalue weighted by molar-refractivity contribution is 0.0916. The number of nitrogens with zero attached hydrogens (tertiary/aromatic N) is 1. The first kappa shape index (κ1) is 17.9. The summed E-state index contributed by atoms with van der Waals surface area (Å²) in [7, 11) is 0. The van der Waals surface area contributed by atoms with Crippen LogP contribution in [0.5, 0.6) is 11.6 Å². The van der Waals surface area contributed by atoms with Gasteiger partial charge in [0.2, 0.25) is 11.7 Å². The Morgan fingerprint density at radius 1 is 1.19 bits per heavy atom. The van der Waals surface area contributed by atoms with E-state index in [4.69, 9.17) is 4.74 Å². The van der Waals surface area contributed by atoms with E-state index in [-0.39, 0.29) is 23.1 Å². The number of carbonyl (C=O) groups excluding carboxylic acids is 1. The fourth-order valence-electron chi connectivity index (χ4n) is 2.38. The topological polar surface area (TPSA) is 92.3 Å². The Morgan fingerprint density at radius 2 is 1.92 bits per heavy atom. The highest BCUT2D eigenvalue weighted by atomic mass is 32.1. The normalized spacial score (nSPS) is 10.7. The van der Waals surface area contributed by atoms with Crippen LogP contribution < -0.4 is 9.61 Å². The van der Waals surface area contributed by atoms with Crippen LogP contribution in [0.1, 0.15) is 33.4 Å². The van der Waals surface area contributed by atoms with Crippen molar-refractivity contribution in [2.45, 2.75) is 19.8 Å². The Kier molecular flexibility index (Phi) is 5.48. The molecular weight excluding hydrogens is 352 g/mol. The van der Waals surface area contributed by atoms with Crippen LogP contribution in [-0.2, 0) is 12.8 Å². The summed E-state index contributed by atoms with van der Waals surface area (Å²) in [5.74, 6) is 0.296. The minimum Gasteiger partial charge on any atom is -0.494 e. The maximum absolute atomic E-state index is 12.1. The summed E-state index contributed by atoms with van der Waals surface area (Å²) in [4.78, 5) is 30.1. The van der Waals surface area contributed by atoms with Gasteiger partial charge < -0.3 is 9.84 Å². The molecule has 0 fully saturated rings. The molecule has 3 rings (SSSR count). The van der Waals surface area contributed by atoms with Gasteiger partial charge in [-0.15, -0.1) is 0 Å². The molecule has 2 heterocycles. The minimum atomic E-state index is -0.281. The molecule has 7 heteroatoms. The lowest BCUT2D eigenvalue weighted by Gasteiger charge is -2.07. The molecule has 6 nitrogen and oxygen atoms in total. The first-order valence-corrected chi connectivity index (χ1v) is 8.97. The number of Topliss-reactive ketones (excluding diaryl/α,β-unsaturated/α-hetero) is 1. The number of aryl methyl sites for hydroxylation is 1. The quantitative estimate of drug-likeness (QED) is 0.624. The number of aromatic amines is 1. The summed E-state index contributed by atoms with van der Waals surface area (Å²) in [5.41, 5.74) is 2.39. The second-order valence-electron chi connectivity index (χ2n) is 5.72. The molecule has 0 atom stereocenters. The molecule has 0 unspecified atom stereocenters. The predicted octanol–water partition coefficient (Wildman–Crippen LogP) is 2.95. The van der Waals surface area contributed by atoms with Crippen molar-refractivity contribution in [1.29, 1.82) is 0 Å². The highest BCUT2D eigenvalue weighted by Crippen LogP contribution is 2.21. The van der Waals surface area contributed by atoms with E-state index in [2.05, 4.69) is 9.97 Å². The Bertz CT molecular complexity index is 943. The third kappa shape index (κ3) is 4.37. The fourth-order valence-corrected chi connectivity index (χ4v) is 3.14. The van der Waals surface area contributed by atoms with Gasteiger partial charge in [0.1, 0.15) is 11.4 Å². The van der Waals surface area contributed by atoms with Crippen LogP contribution in [0.25, 0.3) is 0 Å². The molecule has 0 amide bonds. The molecule has 2 N–H and O–H groups in total. The summed E-state index contributed by atoms with van der Waals surface area (Å²) in [6.07, 6.45) is 3.02. The van der Waals surface area contributed by atoms with Gasteiger partial charge >= 0.3 is 4.87 Å². The third-order valence-electron chi connectivity index (χ3n) is 3.88. The SMILES string of the molecule is CCc1ccc(C(=O)COc2ccc(Cc3sc(=O)[nH]c3O)cc2)nc1. The van der Waals surface area contributed by atoms with Crippen LogP contribution in [0, 0.1) is 0 Å². The van der Waals surface area contributed by atoms with Crippen molar-refractivity contribution in [3.63, 3.8) is 0 Å². The summed E-state index contributed by atoms with van der Waals surface area (Å²) in [6.45, 7) is 1.95. The standard InChI is InChI=1S/C19H18N2O4S/c1-2-12-5-8-15(20-10-12)16(22)11-25-14-6-3-13(4-7-14)9-17-18(23)21-19(24)26-17/h3-8,10,23H,2,9,11H2,1H3,(H,21,24). The monoisotopic (exact) mass is 370 g/mol. The number of pyridine rings is 1. The van der Waals surface area contributed by atoms with Gasteiger partial charge in [-0.25, -0.2) is 0 Å². The zero-order valence-corrected chi connectivity index (χ0v) is 15.0. The average molecular weight is 370 g/mol. The van der Waals surface area contributed by atoms with Crippen molar-refractivity contribution in [2.75, 3.05) is 6.61 Å². The first-order chi connectivity index (χ1) is 12.5. The van der Waals surface area contributed by atoms with Crippen molar-refractivity contribution in [1.82, 2.24) is 9.97 Å². The summed E-state index contributed by atoms with van der Waals surface area (Å²) >= 11 is 0.984. The molecule has 3 aromatic rings.